The molecule has 6 aliphatic rings. The number of piperazine rings is 2. The van der Waals surface area contributed by atoms with E-state index in [-0.39, 0.29) is 65.6 Å². The smallest absolute Gasteiger partial charge is 0.248 e. The van der Waals surface area contributed by atoms with E-state index < -0.39 is 0 Å². The standard InChI is InChI=1S/C44H66N4O7/c1-6-31-35-26-29(49)16-18-44(35,5)34-17-19-43(4)32(11-12-33(43)41(34)42(31)54)28(3)8-13-37(51)45-20-22-46(23-21-45)38(52)14-9-30-10-15-40(55-30)48-25-24-47(27-39(48)53)36(50)7-2/h7,10,15,28-29,31-35,41-42,49,54H,2,6,8-9,11-14,16-27H2,1,3-5H3/t28-,29-,31?,32-,33+,34+,35?,41+,42-,43-,44-/m1/s1. The lowest BCUT2D eigenvalue weighted by Gasteiger charge is -2.64. The van der Waals surface area contributed by atoms with Crippen LogP contribution in [0.25, 0.3) is 0 Å². The zero-order valence-electron chi connectivity index (χ0n) is 33.8. The highest BCUT2D eigenvalue weighted by atomic mass is 16.4. The van der Waals surface area contributed by atoms with Crippen LogP contribution in [0, 0.1) is 52.3 Å². The van der Waals surface area contributed by atoms with E-state index in [0.29, 0.717) is 99.3 Å². The molecule has 6 fully saturated rings. The van der Waals surface area contributed by atoms with Crippen LogP contribution in [-0.4, -0.2) is 107 Å². The topological polar surface area (TPSA) is 135 Å². The lowest BCUT2D eigenvalue weighted by molar-refractivity contribution is -0.203. The van der Waals surface area contributed by atoms with Gasteiger partial charge in [-0.2, -0.15) is 0 Å². The minimum atomic E-state index is -0.289. The minimum Gasteiger partial charge on any atom is -0.445 e. The van der Waals surface area contributed by atoms with Gasteiger partial charge in [-0.1, -0.05) is 40.7 Å². The fourth-order valence-corrected chi connectivity index (χ4v) is 13.1. The van der Waals surface area contributed by atoms with Gasteiger partial charge in [0.2, 0.25) is 29.5 Å². The van der Waals surface area contributed by atoms with Crippen molar-refractivity contribution in [1.29, 1.82) is 0 Å². The molecule has 11 atom stereocenters. The van der Waals surface area contributed by atoms with Crippen LogP contribution in [0.2, 0.25) is 0 Å². The number of aryl methyl sites for hydroxylation is 1. The van der Waals surface area contributed by atoms with Crippen LogP contribution in [0.15, 0.2) is 29.2 Å². The fourth-order valence-electron chi connectivity index (χ4n) is 13.1. The van der Waals surface area contributed by atoms with Gasteiger partial charge in [0.05, 0.1) is 12.2 Å². The normalized spacial score (nSPS) is 36.9. The summed E-state index contributed by atoms with van der Waals surface area (Å²) in [7, 11) is 0. The molecule has 0 bridgehead atoms. The van der Waals surface area contributed by atoms with E-state index in [1.807, 2.05) is 9.80 Å². The molecule has 2 unspecified atom stereocenters. The van der Waals surface area contributed by atoms with Crippen LogP contribution in [0.1, 0.15) is 104 Å². The number of rotatable bonds is 10. The summed E-state index contributed by atoms with van der Waals surface area (Å²) in [5, 5.41) is 22.7. The number of carbonyl (C=O) groups is 4. The van der Waals surface area contributed by atoms with Crippen LogP contribution < -0.4 is 4.90 Å². The maximum Gasteiger partial charge on any atom is 0.248 e. The monoisotopic (exact) mass is 762 g/mol. The molecular formula is C44H66N4O7. The van der Waals surface area contributed by atoms with Crippen molar-refractivity contribution in [3.05, 3.63) is 30.5 Å². The third kappa shape index (κ3) is 7.41. The highest BCUT2D eigenvalue weighted by Crippen LogP contribution is 2.69. The lowest BCUT2D eigenvalue weighted by atomic mass is 9.41. The summed E-state index contributed by atoms with van der Waals surface area (Å²) in [5.41, 5.74) is 0.387. The molecule has 11 heteroatoms. The van der Waals surface area contributed by atoms with Crippen LogP contribution >= 0.6 is 0 Å². The van der Waals surface area contributed by atoms with Crippen molar-refractivity contribution >= 4 is 29.5 Å². The molecule has 2 N–H and O–H groups in total. The maximum absolute atomic E-state index is 13.5. The highest BCUT2D eigenvalue weighted by Gasteiger charge is 2.64. The number of anilines is 1. The van der Waals surface area contributed by atoms with Gasteiger partial charge < -0.3 is 29.3 Å². The number of aliphatic hydroxyl groups excluding tert-OH is 2. The summed E-state index contributed by atoms with van der Waals surface area (Å²) in [6.07, 6.45) is 11.3. The second-order valence-corrected chi connectivity index (χ2v) is 18.6. The number of hydrogen-bond donors (Lipinski definition) is 2. The van der Waals surface area contributed by atoms with Crippen molar-refractivity contribution in [2.75, 3.05) is 50.7 Å². The van der Waals surface area contributed by atoms with Gasteiger partial charge in [-0.3, -0.25) is 24.1 Å². The predicted octanol–water partition coefficient (Wildman–Crippen LogP) is 5.29. The molecule has 1 aromatic heterocycles. The average molecular weight is 763 g/mol. The Morgan fingerprint density at radius 2 is 1.55 bits per heavy atom. The van der Waals surface area contributed by atoms with Gasteiger partial charge in [-0.25, -0.2) is 0 Å². The first kappa shape index (κ1) is 40.0. The Kier molecular flexibility index (Phi) is 11.6. The van der Waals surface area contributed by atoms with Crippen LogP contribution in [0.4, 0.5) is 5.88 Å². The molecule has 7 rings (SSSR count). The molecule has 11 nitrogen and oxygen atoms in total. The highest BCUT2D eigenvalue weighted by molar-refractivity contribution is 5.98. The molecule has 4 aliphatic carbocycles. The summed E-state index contributed by atoms with van der Waals surface area (Å²) in [4.78, 5) is 57.9. The van der Waals surface area contributed by atoms with Crippen molar-refractivity contribution in [3.8, 4) is 0 Å². The van der Waals surface area contributed by atoms with Gasteiger partial charge in [0, 0.05) is 64.6 Å². The first-order chi connectivity index (χ1) is 26.3. The van der Waals surface area contributed by atoms with Gasteiger partial charge in [-0.05, 0) is 116 Å². The summed E-state index contributed by atoms with van der Waals surface area (Å²) >= 11 is 0. The van der Waals surface area contributed by atoms with E-state index in [1.165, 1.54) is 41.6 Å². The summed E-state index contributed by atoms with van der Waals surface area (Å²) in [5.74, 6) is 3.82. The molecule has 4 amide bonds. The van der Waals surface area contributed by atoms with Crippen LogP contribution in [0.3, 0.4) is 0 Å². The Labute approximate surface area is 327 Å². The quantitative estimate of drug-likeness (QED) is 0.310. The molecule has 2 saturated heterocycles. The number of nitrogens with zero attached hydrogens (tertiary/aromatic N) is 4. The van der Waals surface area contributed by atoms with E-state index >= 15 is 0 Å². The first-order valence-electron chi connectivity index (χ1n) is 21.5. The van der Waals surface area contributed by atoms with Gasteiger partial charge in [-0.15, -0.1) is 0 Å². The summed E-state index contributed by atoms with van der Waals surface area (Å²) in [6.45, 7) is 15.9. The van der Waals surface area contributed by atoms with E-state index in [0.717, 1.165) is 32.1 Å². The van der Waals surface area contributed by atoms with Gasteiger partial charge in [0.15, 0.2) is 0 Å². The van der Waals surface area contributed by atoms with E-state index in [2.05, 4.69) is 34.3 Å². The maximum atomic E-state index is 13.5. The molecule has 2 aliphatic heterocycles. The minimum absolute atomic E-state index is 0.0206. The third-order valence-corrected chi connectivity index (χ3v) is 16.2. The number of hydrogen-bond acceptors (Lipinski definition) is 7. The Bertz CT molecular complexity index is 1600. The largest absolute Gasteiger partial charge is 0.445 e. The Balaban J connectivity index is 0.861. The number of furan rings is 1. The van der Waals surface area contributed by atoms with Crippen molar-refractivity contribution in [3.63, 3.8) is 0 Å². The first-order valence-corrected chi connectivity index (χ1v) is 21.5. The molecule has 55 heavy (non-hydrogen) atoms. The van der Waals surface area contributed by atoms with Crippen molar-refractivity contribution < 1.29 is 33.8 Å². The van der Waals surface area contributed by atoms with E-state index in [4.69, 9.17) is 4.42 Å². The average Bonchev–Trinajstić information content (AvgIpc) is 3.80. The van der Waals surface area contributed by atoms with Gasteiger partial charge in [0.1, 0.15) is 12.3 Å². The number of aliphatic hydroxyl groups is 2. The number of fused-ring (bicyclic) bond motifs is 5. The second kappa shape index (κ2) is 16.0. The predicted molar refractivity (Wildman–Crippen MR) is 209 cm³/mol. The molecule has 3 heterocycles. The van der Waals surface area contributed by atoms with Gasteiger partial charge in [0.25, 0.3) is 0 Å². The molecule has 0 aromatic carbocycles. The third-order valence-electron chi connectivity index (χ3n) is 16.2. The van der Waals surface area contributed by atoms with Crippen LogP contribution in [0.5, 0.6) is 0 Å². The zero-order valence-corrected chi connectivity index (χ0v) is 33.8. The molecular weight excluding hydrogens is 697 g/mol. The molecule has 0 radical (unpaired) electrons. The summed E-state index contributed by atoms with van der Waals surface area (Å²) < 4.78 is 5.92. The summed E-state index contributed by atoms with van der Waals surface area (Å²) in [6, 6.07) is 3.54. The van der Waals surface area contributed by atoms with Crippen molar-refractivity contribution in [2.45, 2.75) is 117 Å². The molecule has 304 valence electrons. The lowest BCUT2D eigenvalue weighted by Crippen LogP contribution is -2.62. The van der Waals surface area contributed by atoms with Crippen molar-refractivity contribution in [2.24, 2.45) is 52.3 Å². The SMILES string of the molecule is C=CC(=O)N1CCN(c2ccc(CCC(=O)N3CCN(C(=O)CC[C@@H](C)[C@H]4CC[C@H]5[C@@H]6[C@H](O)C(CC)C7C[C@H](O)CC[C@]7(C)[C@H]6CC[C@]45C)CC3)o2)C(=O)C1. The molecule has 0 spiro atoms. The van der Waals surface area contributed by atoms with Crippen molar-refractivity contribution in [1.82, 2.24) is 14.7 Å². The number of carbonyl (C=O) groups excluding carboxylic acids is 4. The number of amides is 4. The van der Waals surface area contributed by atoms with E-state index in [1.54, 1.807) is 12.1 Å². The Hall–Kier alpha value is -3.18. The molecule has 4 saturated carbocycles. The Morgan fingerprint density at radius 3 is 2.22 bits per heavy atom. The second-order valence-electron chi connectivity index (χ2n) is 18.6. The van der Waals surface area contributed by atoms with Gasteiger partial charge >= 0.3 is 0 Å². The van der Waals surface area contributed by atoms with Crippen LogP contribution in [-0.2, 0) is 25.6 Å². The zero-order chi connectivity index (χ0) is 39.2. The van der Waals surface area contributed by atoms with E-state index in [9.17, 15) is 29.4 Å². The Morgan fingerprint density at radius 1 is 0.891 bits per heavy atom. The molecule has 1 aromatic rings. The fraction of sp³-hybridized carbons (Fsp3) is 0.773.